The molecular formula is C14H17N5OS. The highest BCUT2D eigenvalue weighted by Gasteiger charge is 2.13. The van der Waals surface area contributed by atoms with E-state index in [1.807, 2.05) is 29.3 Å². The summed E-state index contributed by atoms with van der Waals surface area (Å²) in [5.74, 6) is 0.686. The normalized spacial score (nSPS) is 14.4. The lowest BCUT2D eigenvalue weighted by Gasteiger charge is -2.12. The van der Waals surface area contributed by atoms with Crippen molar-refractivity contribution >= 4 is 22.2 Å². The number of nitrogens with zero attached hydrogens (tertiary/aromatic N) is 4. The molecular weight excluding hydrogens is 286 g/mol. The molecule has 21 heavy (non-hydrogen) atoms. The van der Waals surface area contributed by atoms with Crippen molar-refractivity contribution in [2.75, 3.05) is 12.0 Å². The van der Waals surface area contributed by atoms with Gasteiger partial charge >= 0.3 is 0 Å². The van der Waals surface area contributed by atoms with E-state index in [0.29, 0.717) is 5.75 Å². The predicted molar refractivity (Wildman–Crippen MR) is 83.4 cm³/mol. The van der Waals surface area contributed by atoms with Gasteiger partial charge in [-0.25, -0.2) is 9.97 Å². The number of hydrogen-bond donors (Lipinski definition) is 1. The average molecular weight is 303 g/mol. The molecule has 3 aromatic rings. The molecule has 2 atom stereocenters. The maximum atomic E-state index is 11.2. The Morgan fingerprint density at radius 2 is 2.29 bits per heavy atom. The van der Waals surface area contributed by atoms with Crippen LogP contribution in [0.25, 0.3) is 22.3 Å². The highest BCUT2D eigenvalue weighted by Crippen LogP contribution is 2.25. The summed E-state index contributed by atoms with van der Waals surface area (Å²) in [7, 11) is 0. The third-order valence-corrected chi connectivity index (χ3v) is 4.31. The van der Waals surface area contributed by atoms with Crippen LogP contribution in [0.3, 0.4) is 0 Å². The van der Waals surface area contributed by atoms with E-state index in [0.717, 1.165) is 28.7 Å². The molecule has 6 nitrogen and oxygen atoms in total. The Balaban J connectivity index is 1.86. The van der Waals surface area contributed by atoms with Gasteiger partial charge in [0.05, 0.1) is 24.2 Å². The molecule has 0 spiro atoms. The molecule has 0 fully saturated rings. The monoisotopic (exact) mass is 303 g/mol. The van der Waals surface area contributed by atoms with Crippen LogP contribution in [0.1, 0.15) is 19.4 Å². The minimum atomic E-state index is -0.768. The SMILES string of the molecule is CC(CC[S+](C)[O-])n1cc(-c2ncnc3[nH]ccc23)cn1. The molecule has 0 aliphatic heterocycles. The van der Waals surface area contributed by atoms with Crippen molar-refractivity contribution in [3.05, 3.63) is 31.0 Å². The number of nitrogens with one attached hydrogen (secondary N) is 1. The van der Waals surface area contributed by atoms with Crippen molar-refractivity contribution in [2.45, 2.75) is 19.4 Å². The maximum absolute atomic E-state index is 11.2. The zero-order chi connectivity index (χ0) is 14.8. The molecule has 3 rings (SSSR count). The molecule has 0 saturated carbocycles. The van der Waals surface area contributed by atoms with Crippen LogP contribution in [0.4, 0.5) is 0 Å². The van der Waals surface area contributed by atoms with Crippen LogP contribution in [0, 0.1) is 0 Å². The van der Waals surface area contributed by atoms with Crippen molar-refractivity contribution in [3.63, 3.8) is 0 Å². The van der Waals surface area contributed by atoms with E-state index in [2.05, 4.69) is 27.0 Å². The number of fused-ring (bicyclic) bond motifs is 1. The summed E-state index contributed by atoms with van der Waals surface area (Å²) in [6.45, 7) is 2.08. The third kappa shape index (κ3) is 2.93. The van der Waals surface area contributed by atoms with Gasteiger partial charge < -0.3 is 9.54 Å². The molecule has 0 aromatic carbocycles. The Kier molecular flexibility index (Phi) is 3.94. The van der Waals surface area contributed by atoms with E-state index in [9.17, 15) is 4.55 Å². The Labute approximate surface area is 125 Å². The Morgan fingerprint density at radius 1 is 1.43 bits per heavy atom. The van der Waals surface area contributed by atoms with Crippen LogP contribution >= 0.6 is 0 Å². The lowest BCUT2D eigenvalue weighted by molar-refractivity contribution is 0.475. The number of hydrogen-bond acceptors (Lipinski definition) is 4. The van der Waals surface area contributed by atoms with Crippen LogP contribution in [0.5, 0.6) is 0 Å². The fraction of sp³-hybridized carbons (Fsp3) is 0.357. The second-order valence-corrected chi connectivity index (χ2v) is 6.64. The van der Waals surface area contributed by atoms with Crippen molar-refractivity contribution in [3.8, 4) is 11.3 Å². The zero-order valence-electron chi connectivity index (χ0n) is 12.0. The standard InChI is InChI=1S/C14H17N5OS/c1-10(4-6-21(2)20)19-8-11(7-18-19)13-12-3-5-15-14(12)17-9-16-13/h3,5,7-10H,4,6H2,1-2H3,(H,15,16,17). The molecule has 0 aliphatic rings. The van der Waals surface area contributed by atoms with Crippen LogP contribution in [0.15, 0.2) is 31.0 Å². The van der Waals surface area contributed by atoms with Gasteiger partial charge in [-0.15, -0.1) is 0 Å². The van der Waals surface area contributed by atoms with Gasteiger partial charge in [-0.3, -0.25) is 4.68 Å². The van der Waals surface area contributed by atoms with Crippen LogP contribution in [0.2, 0.25) is 0 Å². The number of aromatic amines is 1. The number of rotatable bonds is 5. The molecule has 110 valence electrons. The first-order valence-corrected chi connectivity index (χ1v) is 8.50. The molecule has 3 aromatic heterocycles. The van der Waals surface area contributed by atoms with E-state index >= 15 is 0 Å². The minimum Gasteiger partial charge on any atom is -0.617 e. The van der Waals surface area contributed by atoms with Gasteiger partial charge in [0.1, 0.15) is 17.7 Å². The largest absolute Gasteiger partial charge is 0.617 e. The predicted octanol–water partition coefficient (Wildman–Crippen LogP) is 2.15. The van der Waals surface area contributed by atoms with Crippen molar-refractivity contribution in [1.82, 2.24) is 24.7 Å². The third-order valence-electron chi connectivity index (χ3n) is 3.50. The van der Waals surface area contributed by atoms with Gasteiger partial charge in [-0.2, -0.15) is 5.10 Å². The number of aromatic nitrogens is 5. The van der Waals surface area contributed by atoms with E-state index in [1.165, 1.54) is 0 Å². The van der Waals surface area contributed by atoms with E-state index in [1.54, 1.807) is 12.6 Å². The van der Waals surface area contributed by atoms with Crippen molar-refractivity contribution in [2.24, 2.45) is 0 Å². The van der Waals surface area contributed by atoms with Gasteiger partial charge in [0.2, 0.25) is 0 Å². The summed E-state index contributed by atoms with van der Waals surface area (Å²) in [5, 5.41) is 5.39. The molecule has 0 aliphatic carbocycles. The summed E-state index contributed by atoms with van der Waals surface area (Å²) in [4.78, 5) is 11.6. The number of H-pyrrole nitrogens is 1. The zero-order valence-corrected chi connectivity index (χ0v) is 12.8. The molecule has 3 heterocycles. The van der Waals surface area contributed by atoms with E-state index in [4.69, 9.17) is 0 Å². The molecule has 0 saturated heterocycles. The van der Waals surface area contributed by atoms with E-state index in [-0.39, 0.29) is 6.04 Å². The Bertz CT molecular complexity index is 736. The fourth-order valence-corrected chi connectivity index (χ4v) is 2.95. The second-order valence-electron chi connectivity index (χ2n) is 5.09. The average Bonchev–Trinajstić information content (AvgIpc) is 3.12. The molecule has 0 amide bonds. The lowest BCUT2D eigenvalue weighted by atomic mass is 10.2. The topological polar surface area (TPSA) is 82.5 Å². The van der Waals surface area contributed by atoms with Gasteiger partial charge in [0.25, 0.3) is 0 Å². The first-order chi connectivity index (χ1) is 10.1. The summed E-state index contributed by atoms with van der Waals surface area (Å²) in [5.41, 5.74) is 2.66. The molecule has 2 unspecified atom stereocenters. The van der Waals surface area contributed by atoms with Gasteiger partial charge in [-0.05, 0) is 13.0 Å². The maximum Gasteiger partial charge on any atom is 0.141 e. The van der Waals surface area contributed by atoms with E-state index < -0.39 is 11.2 Å². The highest BCUT2D eigenvalue weighted by atomic mass is 32.2. The van der Waals surface area contributed by atoms with Gasteiger partial charge in [0, 0.05) is 29.8 Å². The summed E-state index contributed by atoms with van der Waals surface area (Å²) in [6.07, 6.45) is 9.77. The van der Waals surface area contributed by atoms with Crippen LogP contribution in [-0.4, -0.2) is 41.3 Å². The molecule has 0 radical (unpaired) electrons. The summed E-state index contributed by atoms with van der Waals surface area (Å²) in [6, 6.07) is 2.18. The molecule has 7 heteroatoms. The Hall–Kier alpha value is -1.86. The lowest BCUT2D eigenvalue weighted by Crippen LogP contribution is -2.12. The summed E-state index contributed by atoms with van der Waals surface area (Å²) < 4.78 is 13.1. The quantitative estimate of drug-likeness (QED) is 0.732. The van der Waals surface area contributed by atoms with Gasteiger partial charge in [0.15, 0.2) is 0 Å². The first-order valence-electron chi connectivity index (χ1n) is 6.78. The van der Waals surface area contributed by atoms with Crippen LogP contribution in [-0.2, 0) is 11.2 Å². The summed E-state index contributed by atoms with van der Waals surface area (Å²) >= 11 is -0.768. The smallest absolute Gasteiger partial charge is 0.141 e. The molecule has 0 bridgehead atoms. The fourth-order valence-electron chi connectivity index (χ4n) is 2.27. The highest BCUT2D eigenvalue weighted by molar-refractivity contribution is 7.90. The molecule has 1 N–H and O–H groups in total. The minimum absolute atomic E-state index is 0.214. The van der Waals surface area contributed by atoms with Crippen molar-refractivity contribution < 1.29 is 4.55 Å². The van der Waals surface area contributed by atoms with Crippen LogP contribution < -0.4 is 0 Å². The van der Waals surface area contributed by atoms with Gasteiger partial charge in [-0.1, -0.05) is 11.2 Å². The second kappa shape index (κ2) is 5.87. The first kappa shape index (κ1) is 14.1. The Morgan fingerprint density at radius 3 is 3.10 bits per heavy atom. The van der Waals surface area contributed by atoms with Crippen molar-refractivity contribution in [1.29, 1.82) is 0 Å².